The second kappa shape index (κ2) is 4.93. The van der Waals surface area contributed by atoms with Crippen molar-refractivity contribution in [2.24, 2.45) is 0 Å². The number of carboxylic acids is 1. The average molecular weight is 261 g/mol. The third-order valence-corrected chi connectivity index (χ3v) is 2.76. The normalized spacial score (nSPS) is 21.2. The van der Waals surface area contributed by atoms with Crippen LogP contribution in [0.1, 0.15) is 12.0 Å². The van der Waals surface area contributed by atoms with E-state index in [1.54, 1.807) is 30.3 Å². The van der Waals surface area contributed by atoms with Crippen LogP contribution in [0.3, 0.4) is 0 Å². The molecule has 6 heteroatoms. The molecule has 1 saturated heterocycles. The number of carbonyl (C=O) groups is 3. The first-order chi connectivity index (χ1) is 9.00. The van der Waals surface area contributed by atoms with Crippen LogP contribution < -0.4 is 5.32 Å². The number of benzene rings is 1. The molecule has 0 radical (unpaired) electrons. The van der Waals surface area contributed by atoms with Crippen molar-refractivity contribution in [1.82, 2.24) is 5.32 Å². The Hall–Kier alpha value is -2.63. The van der Waals surface area contributed by atoms with E-state index >= 15 is 0 Å². The summed E-state index contributed by atoms with van der Waals surface area (Å²) in [6, 6.07) is 7.01. The SMILES string of the molecule is O=C(O)C[C@@H]1NC(=O)/C(=C(\O)c2ccccc2)C1=O. The van der Waals surface area contributed by atoms with Crippen LogP contribution >= 0.6 is 0 Å². The van der Waals surface area contributed by atoms with E-state index in [4.69, 9.17) is 5.11 Å². The molecular formula is C13H11NO5. The first kappa shape index (κ1) is 12.8. The second-order valence-electron chi connectivity index (χ2n) is 4.08. The second-order valence-corrected chi connectivity index (χ2v) is 4.08. The minimum absolute atomic E-state index is 0.331. The Balaban J connectivity index is 2.37. The van der Waals surface area contributed by atoms with Gasteiger partial charge in [-0.25, -0.2) is 0 Å². The topological polar surface area (TPSA) is 104 Å². The third-order valence-electron chi connectivity index (χ3n) is 2.76. The van der Waals surface area contributed by atoms with Gasteiger partial charge in [-0.2, -0.15) is 0 Å². The molecule has 0 aromatic heterocycles. The number of aliphatic hydroxyl groups excluding tert-OH is 1. The molecule has 19 heavy (non-hydrogen) atoms. The Morgan fingerprint density at radius 2 is 1.79 bits per heavy atom. The zero-order valence-electron chi connectivity index (χ0n) is 9.79. The van der Waals surface area contributed by atoms with Gasteiger partial charge in [0.1, 0.15) is 17.4 Å². The highest BCUT2D eigenvalue weighted by Gasteiger charge is 2.39. The maximum Gasteiger partial charge on any atom is 0.305 e. The van der Waals surface area contributed by atoms with E-state index in [9.17, 15) is 19.5 Å². The van der Waals surface area contributed by atoms with Gasteiger partial charge in [0.25, 0.3) is 5.91 Å². The maximum atomic E-state index is 11.9. The molecule has 3 N–H and O–H groups in total. The smallest absolute Gasteiger partial charge is 0.305 e. The number of amides is 1. The fraction of sp³-hybridized carbons (Fsp3) is 0.154. The number of hydrogen-bond acceptors (Lipinski definition) is 4. The van der Waals surface area contributed by atoms with E-state index in [1.165, 1.54) is 0 Å². The van der Waals surface area contributed by atoms with Gasteiger partial charge in [0.15, 0.2) is 5.78 Å². The van der Waals surface area contributed by atoms with E-state index in [2.05, 4.69) is 5.32 Å². The molecule has 0 aliphatic carbocycles. The highest BCUT2D eigenvalue weighted by Crippen LogP contribution is 2.22. The lowest BCUT2D eigenvalue weighted by atomic mass is 10.0. The van der Waals surface area contributed by atoms with Gasteiger partial charge in [-0.3, -0.25) is 14.4 Å². The molecule has 0 unspecified atom stereocenters. The summed E-state index contributed by atoms with van der Waals surface area (Å²) in [5, 5.41) is 20.8. The highest BCUT2D eigenvalue weighted by atomic mass is 16.4. The number of rotatable bonds is 3. The molecular weight excluding hydrogens is 250 g/mol. The minimum atomic E-state index is -1.20. The van der Waals surface area contributed by atoms with Gasteiger partial charge in [0, 0.05) is 5.56 Å². The van der Waals surface area contributed by atoms with Crippen molar-refractivity contribution >= 4 is 23.4 Å². The molecule has 2 rings (SSSR count). The van der Waals surface area contributed by atoms with Crippen LogP contribution in [0.25, 0.3) is 5.76 Å². The first-order valence-electron chi connectivity index (χ1n) is 5.56. The van der Waals surface area contributed by atoms with Gasteiger partial charge >= 0.3 is 5.97 Å². The standard InChI is InChI=1S/C13H11NO5/c15-9(16)6-8-12(18)10(13(19)14-8)11(17)7-4-2-1-3-5-7/h1-5,8,17H,6H2,(H,14,19)(H,15,16)/b11-10-/t8-/m0/s1. The molecule has 1 amide bonds. The number of hydrogen-bond donors (Lipinski definition) is 3. The van der Waals surface area contributed by atoms with E-state index in [1.807, 2.05) is 0 Å². The Morgan fingerprint density at radius 3 is 2.37 bits per heavy atom. The predicted molar refractivity (Wildman–Crippen MR) is 65.2 cm³/mol. The Morgan fingerprint density at radius 1 is 1.16 bits per heavy atom. The summed E-state index contributed by atoms with van der Waals surface area (Å²) in [5.41, 5.74) is -0.0607. The van der Waals surface area contributed by atoms with Gasteiger partial charge in [0.2, 0.25) is 0 Å². The highest BCUT2D eigenvalue weighted by molar-refractivity contribution is 6.30. The minimum Gasteiger partial charge on any atom is -0.506 e. The molecule has 1 aliphatic heterocycles. The number of ketones is 1. The van der Waals surface area contributed by atoms with Crippen LogP contribution in [-0.4, -0.2) is 33.9 Å². The summed E-state index contributed by atoms with van der Waals surface area (Å²) in [4.78, 5) is 34.1. The first-order valence-corrected chi connectivity index (χ1v) is 5.56. The Labute approximate surface area is 108 Å². The zero-order chi connectivity index (χ0) is 14.0. The summed E-state index contributed by atoms with van der Waals surface area (Å²) in [6.07, 6.45) is -0.504. The van der Waals surface area contributed by atoms with Crippen molar-refractivity contribution in [2.75, 3.05) is 0 Å². The largest absolute Gasteiger partial charge is 0.506 e. The summed E-state index contributed by atoms with van der Waals surface area (Å²) >= 11 is 0. The van der Waals surface area contributed by atoms with Crippen LogP contribution in [0.2, 0.25) is 0 Å². The fourth-order valence-electron chi connectivity index (χ4n) is 1.87. The number of aliphatic carboxylic acids is 1. The lowest BCUT2D eigenvalue weighted by Gasteiger charge is -2.03. The van der Waals surface area contributed by atoms with Gasteiger partial charge < -0.3 is 15.5 Å². The van der Waals surface area contributed by atoms with Crippen molar-refractivity contribution in [2.45, 2.75) is 12.5 Å². The van der Waals surface area contributed by atoms with Crippen LogP contribution in [-0.2, 0) is 14.4 Å². The summed E-state index contributed by atoms with van der Waals surface area (Å²) in [6.45, 7) is 0. The van der Waals surface area contributed by atoms with Gasteiger partial charge in [0.05, 0.1) is 6.42 Å². The maximum absolute atomic E-state index is 11.9. The number of carboxylic acid groups (broad SMARTS) is 1. The molecule has 0 saturated carbocycles. The number of aliphatic hydroxyl groups is 1. The van der Waals surface area contributed by atoms with Crippen molar-refractivity contribution in [1.29, 1.82) is 0 Å². The third kappa shape index (κ3) is 2.47. The molecule has 0 spiro atoms. The Bertz CT molecular complexity index is 576. The van der Waals surface area contributed by atoms with Crippen LogP contribution in [0.5, 0.6) is 0 Å². The monoisotopic (exact) mass is 261 g/mol. The molecule has 1 fully saturated rings. The van der Waals surface area contributed by atoms with Crippen LogP contribution in [0, 0.1) is 0 Å². The predicted octanol–water partition coefficient (Wildman–Crippen LogP) is 0.498. The number of nitrogens with one attached hydrogen (secondary N) is 1. The quantitative estimate of drug-likeness (QED) is 0.417. The number of carbonyl (C=O) groups excluding carboxylic acids is 2. The lowest BCUT2D eigenvalue weighted by Crippen LogP contribution is -2.31. The Kier molecular flexibility index (Phi) is 3.33. The molecule has 1 aliphatic rings. The van der Waals surface area contributed by atoms with Crippen LogP contribution in [0.15, 0.2) is 35.9 Å². The zero-order valence-corrected chi connectivity index (χ0v) is 9.79. The van der Waals surface area contributed by atoms with Crippen molar-refractivity contribution in [3.05, 3.63) is 41.5 Å². The lowest BCUT2D eigenvalue weighted by molar-refractivity contribution is -0.138. The van der Waals surface area contributed by atoms with Gasteiger partial charge in [-0.05, 0) is 0 Å². The summed E-state index contributed by atoms with van der Waals surface area (Å²) in [7, 11) is 0. The van der Waals surface area contributed by atoms with Crippen molar-refractivity contribution in [3.63, 3.8) is 0 Å². The molecule has 0 bridgehead atoms. The van der Waals surface area contributed by atoms with E-state index in [-0.39, 0.29) is 0 Å². The molecule has 1 aromatic carbocycles. The van der Waals surface area contributed by atoms with E-state index in [0.29, 0.717) is 5.56 Å². The molecule has 98 valence electrons. The van der Waals surface area contributed by atoms with Gasteiger partial charge in [-0.1, -0.05) is 30.3 Å². The summed E-state index contributed by atoms with van der Waals surface area (Å²) in [5.74, 6) is -3.08. The van der Waals surface area contributed by atoms with E-state index < -0.39 is 41.5 Å². The molecule has 6 nitrogen and oxygen atoms in total. The van der Waals surface area contributed by atoms with Crippen molar-refractivity contribution < 1.29 is 24.6 Å². The average Bonchev–Trinajstić information content (AvgIpc) is 2.64. The van der Waals surface area contributed by atoms with Crippen molar-refractivity contribution in [3.8, 4) is 0 Å². The number of Topliss-reactive ketones (excluding diaryl/α,β-unsaturated/α-hetero) is 1. The molecule has 1 atom stereocenters. The summed E-state index contributed by atoms with van der Waals surface area (Å²) < 4.78 is 0. The molecule has 1 aromatic rings. The van der Waals surface area contributed by atoms with Crippen LogP contribution in [0.4, 0.5) is 0 Å². The van der Waals surface area contributed by atoms with Gasteiger partial charge in [-0.15, -0.1) is 0 Å². The van der Waals surface area contributed by atoms with E-state index in [0.717, 1.165) is 0 Å². The fourth-order valence-corrected chi connectivity index (χ4v) is 1.87. The molecule has 1 heterocycles.